The highest BCUT2D eigenvalue weighted by atomic mass is 16.5. The Labute approximate surface area is 165 Å². The first kappa shape index (κ1) is 20.3. The van der Waals surface area contributed by atoms with Gasteiger partial charge < -0.3 is 19.6 Å². The second-order valence-electron chi connectivity index (χ2n) is 6.95. The number of ether oxygens (including phenoxy) is 1. The molecule has 1 atom stereocenters. The molecule has 2 aromatic rings. The molecule has 2 heterocycles. The van der Waals surface area contributed by atoms with E-state index in [4.69, 9.17) is 9.15 Å². The number of β-amino-alcohol motifs (C(OH)–C–C–N with tert-alkyl or cyclic N) is 1. The molecule has 8 nitrogen and oxygen atoms in total. The summed E-state index contributed by atoms with van der Waals surface area (Å²) in [5, 5.41) is 12.6. The van der Waals surface area contributed by atoms with Gasteiger partial charge in [-0.2, -0.15) is 0 Å². The number of carbonyl (C=O) groups excluding carboxylic acids is 1. The lowest BCUT2D eigenvalue weighted by Crippen LogP contribution is -2.48. The van der Waals surface area contributed by atoms with Gasteiger partial charge in [0, 0.05) is 38.4 Å². The topological polar surface area (TPSA) is 91.1 Å². The molecule has 152 valence electrons. The highest BCUT2D eigenvalue weighted by Crippen LogP contribution is 2.16. The molecule has 0 saturated carbocycles. The number of aliphatic hydroxyl groups excluding tert-OH is 1. The Kier molecular flexibility index (Phi) is 7.02. The van der Waals surface area contributed by atoms with E-state index >= 15 is 0 Å². The molecule has 8 heteroatoms. The van der Waals surface area contributed by atoms with Crippen molar-refractivity contribution in [2.24, 2.45) is 0 Å². The second-order valence-corrected chi connectivity index (χ2v) is 6.95. The third-order valence-corrected chi connectivity index (χ3v) is 4.90. The van der Waals surface area contributed by atoms with Crippen molar-refractivity contribution >= 4 is 11.6 Å². The molecule has 1 saturated heterocycles. The number of carbonyl (C=O) groups is 1. The standard InChI is InChI=1S/C20H28N4O4/c1-3-16(25)12-23-8-10-24(11-9-23)13-19-22-18(14-28-19)20(26)21-15-4-6-17(27-2)7-5-15/h4-7,14,16,25H,3,8-13H2,1-2H3,(H,21,26)/t16-/m1/s1. The molecule has 1 amide bonds. The molecular weight excluding hydrogens is 360 g/mol. The number of methoxy groups -OCH3 is 1. The van der Waals surface area contributed by atoms with Gasteiger partial charge in [0.1, 0.15) is 12.0 Å². The average molecular weight is 388 g/mol. The van der Waals surface area contributed by atoms with E-state index in [9.17, 15) is 9.90 Å². The molecule has 0 spiro atoms. The molecule has 0 unspecified atom stereocenters. The van der Waals surface area contributed by atoms with Gasteiger partial charge in [0.15, 0.2) is 5.69 Å². The summed E-state index contributed by atoms with van der Waals surface area (Å²) in [4.78, 5) is 21.2. The molecule has 1 aliphatic rings. The molecular formula is C20H28N4O4. The Bertz CT molecular complexity index is 754. The second kappa shape index (κ2) is 9.68. The molecule has 1 aliphatic heterocycles. The number of anilines is 1. The summed E-state index contributed by atoms with van der Waals surface area (Å²) >= 11 is 0. The lowest BCUT2D eigenvalue weighted by Gasteiger charge is -2.34. The van der Waals surface area contributed by atoms with E-state index < -0.39 is 0 Å². The van der Waals surface area contributed by atoms with Crippen LogP contribution in [-0.2, 0) is 6.54 Å². The van der Waals surface area contributed by atoms with Gasteiger partial charge in [-0.1, -0.05) is 6.92 Å². The van der Waals surface area contributed by atoms with Crippen molar-refractivity contribution in [1.82, 2.24) is 14.8 Å². The van der Waals surface area contributed by atoms with Gasteiger partial charge in [0.05, 0.1) is 19.8 Å². The van der Waals surface area contributed by atoms with Crippen LogP contribution in [0, 0.1) is 0 Å². The Morgan fingerprint density at radius 1 is 1.25 bits per heavy atom. The summed E-state index contributed by atoms with van der Waals surface area (Å²) in [5.41, 5.74) is 0.927. The summed E-state index contributed by atoms with van der Waals surface area (Å²) in [7, 11) is 1.60. The number of hydrogen-bond donors (Lipinski definition) is 2. The Hall–Kier alpha value is -2.42. The zero-order valence-corrected chi connectivity index (χ0v) is 16.4. The van der Waals surface area contributed by atoms with Crippen LogP contribution in [0.5, 0.6) is 5.75 Å². The van der Waals surface area contributed by atoms with Crippen molar-refractivity contribution in [3.8, 4) is 5.75 Å². The van der Waals surface area contributed by atoms with E-state index in [-0.39, 0.29) is 17.7 Å². The van der Waals surface area contributed by atoms with Gasteiger partial charge in [-0.3, -0.25) is 14.6 Å². The van der Waals surface area contributed by atoms with Crippen LogP contribution in [0.2, 0.25) is 0 Å². The van der Waals surface area contributed by atoms with Crippen molar-refractivity contribution in [2.45, 2.75) is 26.0 Å². The fourth-order valence-electron chi connectivity index (χ4n) is 3.11. The van der Waals surface area contributed by atoms with Crippen molar-refractivity contribution in [1.29, 1.82) is 0 Å². The lowest BCUT2D eigenvalue weighted by atomic mass is 10.2. The molecule has 0 bridgehead atoms. The lowest BCUT2D eigenvalue weighted by molar-refractivity contribution is 0.0658. The predicted octanol–water partition coefficient (Wildman–Crippen LogP) is 1.82. The molecule has 3 rings (SSSR count). The van der Waals surface area contributed by atoms with Crippen molar-refractivity contribution in [3.63, 3.8) is 0 Å². The highest BCUT2D eigenvalue weighted by molar-refractivity contribution is 6.02. The minimum Gasteiger partial charge on any atom is -0.497 e. The van der Waals surface area contributed by atoms with Crippen molar-refractivity contribution < 1.29 is 19.1 Å². The van der Waals surface area contributed by atoms with Gasteiger partial charge in [-0.05, 0) is 30.7 Å². The number of aromatic nitrogens is 1. The molecule has 1 aromatic carbocycles. The summed E-state index contributed by atoms with van der Waals surface area (Å²) in [6.45, 7) is 6.86. The number of benzene rings is 1. The van der Waals surface area contributed by atoms with Crippen LogP contribution in [0.15, 0.2) is 34.9 Å². The van der Waals surface area contributed by atoms with E-state index in [1.807, 2.05) is 6.92 Å². The first-order valence-corrected chi connectivity index (χ1v) is 9.60. The third-order valence-electron chi connectivity index (χ3n) is 4.90. The summed E-state index contributed by atoms with van der Waals surface area (Å²) < 4.78 is 10.6. The number of oxazole rings is 1. The summed E-state index contributed by atoms with van der Waals surface area (Å²) in [5.74, 6) is 0.950. The molecule has 0 radical (unpaired) electrons. The van der Waals surface area contributed by atoms with E-state index in [0.29, 0.717) is 18.1 Å². The predicted molar refractivity (Wildman–Crippen MR) is 105 cm³/mol. The number of hydrogen-bond acceptors (Lipinski definition) is 7. The molecule has 28 heavy (non-hydrogen) atoms. The largest absolute Gasteiger partial charge is 0.497 e. The average Bonchev–Trinajstić information content (AvgIpc) is 3.18. The van der Waals surface area contributed by atoms with Crippen LogP contribution in [0.25, 0.3) is 0 Å². The third kappa shape index (κ3) is 5.54. The van der Waals surface area contributed by atoms with E-state index in [0.717, 1.165) is 44.9 Å². The Balaban J connectivity index is 1.48. The van der Waals surface area contributed by atoms with Crippen LogP contribution < -0.4 is 10.1 Å². The van der Waals surface area contributed by atoms with Crippen LogP contribution in [0.1, 0.15) is 29.7 Å². The zero-order chi connectivity index (χ0) is 19.9. The number of aliphatic hydroxyl groups is 1. The molecule has 2 N–H and O–H groups in total. The normalized spacial score (nSPS) is 16.7. The van der Waals surface area contributed by atoms with Gasteiger partial charge in [-0.15, -0.1) is 0 Å². The number of piperazine rings is 1. The van der Waals surface area contributed by atoms with Gasteiger partial charge in [0.25, 0.3) is 5.91 Å². The van der Waals surface area contributed by atoms with E-state index in [1.165, 1.54) is 6.26 Å². The minimum absolute atomic E-state index is 0.259. The van der Waals surface area contributed by atoms with E-state index in [2.05, 4.69) is 20.1 Å². The summed E-state index contributed by atoms with van der Waals surface area (Å²) in [6, 6.07) is 7.10. The molecule has 1 fully saturated rings. The van der Waals surface area contributed by atoms with Crippen molar-refractivity contribution in [2.75, 3.05) is 45.2 Å². The van der Waals surface area contributed by atoms with Crippen LogP contribution >= 0.6 is 0 Å². The maximum Gasteiger partial charge on any atom is 0.277 e. The minimum atomic E-state index is -0.307. The van der Waals surface area contributed by atoms with Gasteiger partial charge >= 0.3 is 0 Å². The number of amides is 1. The SMILES string of the molecule is CC[C@@H](O)CN1CCN(Cc2nc(C(=O)Nc3ccc(OC)cc3)co2)CC1. The fraction of sp³-hybridized carbons (Fsp3) is 0.500. The maximum absolute atomic E-state index is 12.3. The van der Waals surface area contributed by atoms with Crippen LogP contribution in [0.4, 0.5) is 5.69 Å². The Morgan fingerprint density at radius 2 is 1.93 bits per heavy atom. The quantitative estimate of drug-likeness (QED) is 0.713. The van der Waals surface area contributed by atoms with Crippen molar-refractivity contribution in [3.05, 3.63) is 42.1 Å². The van der Waals surface area contributed by atoms with E-state index in [1.54, 1.807) is 31.4 Å². The first-order chi connectivity index (χ1) is 13.6. The highest BCUT2D eigenvalue weighted by Gasteiger charge is 2.21. The molecule has 1 aromatic heterocycles. The first-order valence-electron chi connectivity index (χ1n) is 9.60. The number of nitrogens with one attached hydrogen (secondary N) is 1. The van der Waals surface area contributed by atoms with Crippen LogP contribution in [0.3, 0.4) is 0 Å². The maximum atomic E-state index is 12.3. The fourth-order valence-corrected chi connectivity index (χ4v) is 3.11. The van der Waals surface area contributed by atoms with Gasteiger partial charge in [-0.25, -0.2) is 4.98 Å². The molecule has 0 aliphatic carbocycles. The number of nitrogens with zero attached hydrogens (tertiary/aromatic N) is 3. The summed E-state index contributed by atoms with van der Waals surface area (Å²) in [6.07, 6.45) is 1.91. The van der Waals surface area contributed by atoms with Crippen LogP contribution in [-0.4, -0.2) is 71.7 Å². The smallest absolute Gasteiger partial charge is 0.277 e. The zero-order valence-electron chi connectivity index (χ0n) is 16.4. The Morgan fingerprint density at radius 3 is 2.57 bits per heavy atom. The number of rotatable bonds is 8. The van der Waals surface area contributed by atoms with Gasteiger partial charge in [0.2, 0.25) is 5.89 Å². The monoisotopic (exact) mass is 388 g/mol.